The quantitative estimate of drug-likeness (QED) is 0.719. The zero-order valence-corrected chi connectivity index (χ0v) is 18.8. The molecule has 1 aliphatic rings. The molecule has 2 aromatic rings. The maximum Gasteiger partial charge on any atom is 0.410 e. The van der Waals surface area contributed by atoms with Gasteiger partial charge in [-0.2, -0.15) is 0 Å². The predicted molar refractivity (Wildman–Crippen MR) is 121 cm³/mol. The van der Waals surface area contributed by atoms with Crippen molar-refractivity contribution in [1.82, 2.24) is 15.2 Å². The fraction of sp³-hybridized carbons (Fsp3) is 0.400. The zero-order valence-electron chi connectivity index (χ0n) is 18.8. The molecular weight excluding hydrogens is 406 g/mol. The van der Waals surface area contributed by atoms with Gasteiger partial charge in [-0.3, -0.25) is 0 Å². The Labute approximate surface area is 189 Å². The number of alkyl carbamates (subject to hydrolysis) is 1. The molecule has 0 aliphatic carbocycles. The van der Waals surface area contributed by atoms with Gasteiger partial charge in [-0.05, 0) is 51.2 Å². The van der Waals surface area contributed by atoms with E-state index in [2.05, 4.69) is 22.1 Å². The number of hydrogen-bond donors (Lipinski definition) is 1. The molecule has 3 rings (SSSR count). The van der Waals surface area contributed by atoms with Gasteiger partial charge in [-0.25, -0.2) is 14.6 Å². The van der Waals surface area contributed by atoms with Gasteiger partial charge in [-0.1, -0.05) is 42.3 Å². The second kappa shape index (κ2) is 10.7. The van der Waals surface area contributed by atoms with Gasteiger partial charge in [0.1, 0.15) is 17.9 Å². The molecule has 2 heterocycles. The van der Waals surface area contributed by atoms with Crippen LogP contribution in [0.15, 0.2) is 48.7 Å². The summed E-state index contributed by atoms with van der Waals surface area (Å²) in [5, 5.41) is 2.62. The van der Waals surface area contributed by atoms with E-state index in [1.54, 1.807) is 11.1 Å². The van der Waals surface area contributed by atoms with Gasteiger partial charge in [0.05, 0.1) is 12.6 Å². The number of ether oxygens (including phenoxy) is 2. The Morgan fingerprint density at radius 3 is 2.72 bits per heavy atom. The van der Waals surface area contributed by atoms with Gasteiger partial charge >= 0.3 is 12.2 Å². The third-order valence-electron chi connectivity index (χ3n) is 4.82. The SMILES string of the molecule is CC(C)(C)OC(=O)N1CCCC1c1cccnc1C#CCNC(=O)OCc1ccccc1. The van der Waals surface area contributed by atoms with Gasteiger partial charge < -0.3 is 19.7 Å². The first-order valence-corrected chi connectivity index (χ1v) is 10.7. The van der Waals surface area contributed by atoms with E-state index in [1.165, 1.54) is 0 Å². The maximum atomic E-state index is 12.6. The Balaban J connectivity index is 1.59. The predicted octanol–water partition coefficient (Wildman–Crippen LogP) is 4.43. The van der Waals surface area contributed by atoms with Crippen molar-refractivity contribution in [3.63, 3.8) is 0 Å². The minimum absolute atomic E-state index is 0.129. The topological polar surface area (TPSA) is 80.8 Å². The summed E-state index contributed by atoms with van der Waals surface area (Å²) in [6, 6.07) is 13.1. The molecule has 1 fully saturated rings. The number of benzene rings is 1. The average Bonchev–Trinajstić information content (AvgIpc) is 3.25. The van der Waals surface area contributed by atoms with Gasteiger partial charge in [-0.15, -0.1) is 0 Å². The zero-order chi connectivity index (χ0) is 23.0. The molecule has 1 saturated heterocycles. The van der Waals surface area contributed by atoms with Crippen LogP contribution in [0.1, 0.15) is 56.5 Å². The number of pyridine rings is 1. The molecule has 1 atom stereocenters. The summed E-state index contributed by atoms with van der Waals surface area (Å²) in [6.45, 7) is 6.53. The van der Waals surface area contributed by atoms with Crippen LogP contribution in [0.2, 0.25) is 0 Å². The highest BCUT2D eigenvalue weighted by Gasteiger charge is 2.34. The van der Waals surface area contributed by atoms with Crippen LogP contribution in [0.25, 0.3) is 0 Å². The Bertz CT molecular complexity index is 989. The molecular formula is C25H29N3O4. The highest BCUT2D eigenvalue weighted by molar-refractivity contribution is 5.69. The summed E-state index contributed by atoms with van der Waals surface area (Å²) in [5.74, 6) is 5.93. The van der Waals surface area contributed by atoms with E-state index in [1.807, 2.05) is 63.2 Å². The summed E-state index contributed by atoms with van der Waals surface area (Å²) in [4.78, 5) is 30.6. The van der Waals surface area contributed by atoms with Crippen molar-refractivity contribution < 1.29 is 19.1 Å². The lowest BCUT2D eigenvalue weighted by Gasteiger charge is -2.29. The van der Waals surface area contributed by atoms with Crippen molar-refractivity contribution in [2.45, 2.75) is 51.9 Å². The number of carbonyl (C=O) groups is 2. The Hall–Kier alpha value is -3.53. The second-order valence-corrected chi connectivity index (χ2v) is 8.49. The minimum atomic E-state index is -0.553. The molecule has 7 heteroatoms. The van der Waals surface area contributed by atoms with Crippen molar-refractivity contribution in [2.24, 2.45) is 0 Å². The standard InChI is InChI=1S/C25H29N3O4/c1-25(2,3)32-24(30)28-17-9-14-22(28)20-12-7-15-26-21(20)13-8-16-27-23(29)31-18-19-10-5-4-6-11-19/h4-7,10-12,15,22H,9,14,16-18H2,1-3H3,(H,27,29). The lowest BCUT2D eigenvalue weighted by Crippen LogP contribution is -2.36. The highest BCUT2D eigenvalue weighted by atomic mass is 16.6. The molecule has 1 aromatic heterocycles. The van der Waals surface area contributed by atoms with E-state index in [0.717, 1.165) is 24.0 Å². The van der Waals surface area contributed by atoms with Crippen LogP contribution < -0.4 is 5.32 Å². The van der Waals surface area contributed by atoms with E-state index in [9.17, 15) is 9.59 Å². The van der Waals surface area contributed by atoms with Crippen LogP contribution in [0.4, 0.5) is 9.59 Å². The van der Waals surface area contributed by atoms with E-state index in [-0.39, 0.29) is 25.3 Å². The third kappa shape index (κ3) is 6.74. The van der Waals surface area contributed by atoms with Crippen LogP contribution in [-0.2, 0) is 16.1 Å². The summed E-state index contributed by atoms with van der Waals surface area (Å²) < 4.78 is 10.7. The first kappa shape index (κ1) is 23.1. The van der Waals surface area contributed by atoms with Crippen LogP contribution >= 0.6 is 0 Å². The Morgan fingerprint density at radius 2 is 1.97 bits per heavy atom. The number of rotatable bonds is 4. The number of hydrogen-bond acceptors (Lipinski definition) is 5. The van der Waals surface area contributed by atoms with Gasteiger partial charge in [0.15, 0.2) is 0 Å². The van der Waals surface area contributed by atoms with Crippen molar-refractivity contribution in [2.75, 3.05) is 13.1 Å². The van der Waals surface area contributed by atoms with Gasteiger partial charge in [0, 0.05) is 18.3 Å². The molecule has 1 unspecified atom stereocenters. The molecule has 7 nitrogen and oxygen atoms in total. The first-order chi connectivity index (χ1) is 15.3. The Morgan fingerprint density at radius 1 is 1.19 bits per heavy atom. The van der Waals surface area contributed by atoms with Crippen molar-refractivity contribution >= 4 is 12.2 Å². The van der Waals surface area contributed by atoms with E-state index in [0.29, 0.717) is 12.2 Å². The highest BCUT2D eigenvalue weighted by Crippen LogP contribution is 2.34. The summed E-state index contributed by atoms with van der Waals surface area (Å²) in [7, 11) is 0. The number of amides is 2. The van der Waals surface area contributed by atoms with Crippen molar-refractivity contribution in [3.05, 3.63) is 65.5 Å². The smallest absolute Gasteiger partial charge is 0.410 e. The van der Waals surface area contributed by atoms with Crippen molar-refractivity contribution in [3.8, 4) is 11.8 Å². The molecule has 0 bridgehead atoms. The monoisotopic (exact) mass is 435 g/mol. The third-order valence-corrected chi connectivity index (χ3v) is 4.82. The van der Waals surface area contributed by atoms with Gasteiger partial charge in [0.25, 0.3) is 0 Å². The molecule has 0 radical (unpaired) electrons. The van der Waals surface area contributed by atoms with Crippen LogP contribution in [0.5, 0.6) is 0 Å². The van der Waals surface area contributed by atoms with E-state index in [4.69, 9.17) is 9.47 Å². The van der Waals surface area contributed by atoms with E-state index < -0.39 is 11.7 Å². The van der Waals surface area contributed by atoms with Crippen LogP contribution in [0, 0.1) is 11.8 Å². The maximum absolute atomic E-state index is 12.6. The molecule has 1 N–H and O–H groups in total. The fourth-order valence-corrected chi connectivity index (χ4v) is 3.44. The molecule has 32 heavy (non-hydrogen) atoms. The van der Waals surface area contributed by atoms with E-state index >= 15 is 0 Å². The molecule has 0 saturated carbocycles. The number of aromatic nitrogens is 1. The average molecular weight is 436 g/mol. The first-order valence-electron chi connectivity index (χ1n) is 10.7. The summed E-state index contributed by atoms with van der Waals surface area (Å²) in [5.41, 5.74) is 1.84. The molecule has 168 valence electrons. The van der Waals surface area contributed by atoms with Crippen LogP contribution in [-0.4, -0.2) is 40.8 Å². The second-order valence-electron chi connectivity index (χ2n) is 8.49. The Kier molecular flexibility index (Phi) is 7.72. The van der Waals surface area contributed by atoms with Crippen LogP contribution in [0.3, 0.4) is 0 Å². The number of nitrogens with zero attached hydrogens (tertiary/aromatic N) is 2. The number of likely N-dealkylation sites (tertiary alicyclic amines) is 1. The minimum Gasteiger partial charge on any atom is -0.445 e. The molecule has 0 spiro atoms. The number of nitrogens with one attached hydrogen (secondary N) is 1. The summed E-state index contributed by atoms with van der Waals surface area (Å²) in [6.07, 6.45) is 2.52. The largest absolute Gasteiger partial charge is 0.445 e. The van der Waals surface area contributed by atoms with Gasteiger partial charge in [0.2, 0.25) is 0 Å². The normalized spacial score (nSPS) is 15.5. The summed E-state index contributed by atoms with van der Waals surface area (Å²) >= 11 is 0. The molecule has 1 aromatic carbocycles. The number of carbonyl (C=O) groups excluding carboxylic acids is 2. The molecule has 2 amide bonds. The fourth-order valence-electron chi connectivity index (χ4n) is 3.44. The lowest BCUT2D eigenvalue weighted by molar-refractivity contribution is 0.0224. The van der Waals surface area contributed by atoms with Crippen molar-refractivity contribution in [1.29, 1.82) is 0 Å². The lowest BCUT2D eigenvalue weighted by atomic mass is 10.0. The molecule has 1 aliphatic heterocycles.